The number of methoxy groups -OCH3 is 1. The smallest absolute Gasteiger partial charge is 0.410 e. The Labute approximate surface area is 212 Å². The van der Waals surface area contributed by atoms with Crippen LogP contribution in [-0.2, 0) is 16.1 Å². The topological polar surface area (TPSA) is 67.9 Å². The van der Waals surface area contributed by atoms with E-state index < -0.39 is 0 Å². The molecule has 1 saturated heterocycles. The summed E-state index contributed by atoms with van der Waals surface area (Å²) in [5.74, 6) is -0.176. The van der Waals surface area contributed by atoms with Crippen molar-refractivity contribution < 1.29 is 19.1 Å². The Kier molecular flexibility index (Phi) is 6.68. The molecule has 0 radical (unpaired) electrons. The highest BCUT2D eigenvalue weighted by Crippen LogP contribution is 2.51. The van der Waals surface area contributed by atoms with Crippen molar-refractivity contribution in [2.24, 2.45) is 5.92 Å². The van der Waals surface area contributed by atoms with Crippen LogP contribution in [0.1, 0.15) is 63.1 Å². The number of ether oxygens (including phenoxy) is 2. The maximum atomic E-state index is 13.4. The second kappa shape index (κ2) is 10.1. The molecule has 6 nitrogen and oxygen atoms in total. The van der Waals surface area contributed by atoms with Gasteiger partial charge in [-0.05, 0) is 67.1 Å². The third-order valence-electron chi connectivity index (χ3n) is 7.41. The van der Waals surface area contributed by atoms with E-state index in [1.165, 1.54) is 7.11 Å². The summed E-state index contributed by atoms with van der Waals surface area (Å²) in [5, 5.41) is 3.77. The van der Waals surface area contributed by atoms with Crippen molar-refractivity contribution in [3.8, 4) is 0 Å². The summed E-state index contributed by atoms with van der Waals surface area (Å²) in [4.78, 5) is 27.4. The molecule has 36 heavy (non-hydrogen) atoms. The molecule has 3 atom stereocenters. The lowest BCUT2D eigenvalue weighted by Gasteiger charge is -2.48. The normalized spacial score (nSPS) is 20.5. The first kappa shape index (κ1) is 23.9. The molecule has 2 aliphatic heterocycles. The first-order valence-electron chi connectivity index (χ1n) is 12.5. The number of hydrogen-bond acceptors (Lipinski definition) is 5. The van der Waals surface area contributed by atoms with Gasteiger partial charge in [-0.2, -0.15) is 0 Å². The van der Waals surface area contributed by atoms with Gasteiger partial charge in [0.1, 0.15) is 6.61 Å². The fourth-order valence-corrected chi connectivity index (χ4v) is 5.69. The summed E-state index contributed by atoms with van der Waals surface area (Å²) in [6, 6.07) is 21.8. The van der Waals surface area contributed by atoms with Crippen LogP contribution in [0.15, 0.2) is 66.7 Å². The molecule has 0 aromatic heterocycles. The molecule has 0 saturated carbocycles. The number of piperidine rings is 1. The zero-order valence-corrected chi connectivity index (χ0v) is 21.0. The van der Waals surface area contributed by atoms with E-state index in [2.05, 4.69) is 30.4 Å². The van der Waals surface area contributed by atoms with Gasteiger partial charge < -0.3 is 19.7 Å². The predicted octanol–water partition coefficient (Wildman–Crippen LogP) is 6.35. The third-order valence-corrected chi connectivity index (χ3v) is 7.41. The highest BCUT2D eigenvalue weighted by atomic mass is 16.6. The van der Waals surface area contributed by atoms with Crippen LogP contribution >= 0.6 is 0 Å². The second-order valence-corrected chi connectivity index (χ2v) is 9.76. The lowest BCUT2D eigenvalue weighted by Crippen LogP contribution is -2.48. The highest BCUT2D eigenvalue weighted by Gasteiger charge is 2.45. The summed E-state index contributed by atoms with van der Waals surface area (Å²) < 4.78 is 10.7. The predicted molar refractivity (Wildman–Crippen MR) is 139 cm³/mol. The number of carbonyl (C=O) groups is 2. The number of amides is 1. The van der Waals surface area contributed by atoms with E-state index in [9.17, 15) is 9.59 Å². The zero-order chi connectivity index (χ0) is 25.2. The molecule has 186 valence electrons. The van der Waals surface area contributed by atoms with Crippen molar-refractivity contribution in [3.63, 3.8) is 0 Å². The number of aryl methyl sites for hydroxylation is 2. The van der Waals surface area contributed by atoms with Gasteiger partial charge in [0.2, 0.25) is 0 Å². The lowest BCUT2D eigenvalue weighted by molar-refractivity contribution is 0.0413. The number of esters is 1. The van der Waals surface area contributed by atoms with E-state index in [4.69, 9.17) is 9.47 Å². The zero-order valence-electron chi connectivity index (χ0n) is 21.0. The van der Waals surface area contributed by atoms with Crippen LogP contribution in [0.3, 0.4) is 0 Å². The quantitative estimate of drug-likeness (QED) is 0.437. The van der Waals surface area contributed by atoms with Crippen molar-refractivity contribution in [1.29, 1.82) is 0 Å². The summed E-state index contributed by atoms with van der Waals surface area (Å²) in [7, 11) is 1.39. The van der Waals surface area contributed by atoms with Crippen LogP contribution in [0.2, 0.25) is 0 Å². The van der Waals surface area contributed by atoms with Gasteiger partial charge in [-0.3, -0.25) is 0 Å². The number of hydrogen-bond donors (Lipinski definition) is 1. The molecule has 2 heterocycles. The Balaban J connectivity index is 1.49. The van der Waals surface area contributed by atoms with Crippen LogP contribution in [-0.4, -0.2) is 30.6 Å². The Bertz CT molecular complexity index is 1270. The molecule has 6 heteroatoms. The summed E-state index contributed by atoms with van der Waals surface area (Å²) in [6.07, 6.45) is 1.61. The fraction of sp³-hybridized carbons (Fsp3) is 0.333. The molecule has 0 aliphatic carbocycles. The average molecular weight is 485 g/mol. The van der Waals surface area contributed by atoms with Gasteiger partial charge in [-0.25, -0.2) is 9.59 Å². The molecule has 5 rings (SSSR count). The summed E-state index contributed by atoms with van der Waals surface area (Å²) in [6.45, 7) is 5.02. The number of nitrogens with zero attached hydrogens (tertiary/aromatic N) is 1. The third kappa shape index (κ3) is 4.55. The minimum Gasteiger partial charge on any atom is -0.465 e. The van der Waals surface area contributed by atoms with Crippen molar-refractivity contribution >= 4 is 17.7 Å². The summed E-state index contributed by atoms with van der Waals surface area (Å²) >= 11 is 0. The van der Waals surface area contributed by atoms with Gasteiger partial charge in [0.25, 0.3) is 0 Å². The first-order valence-corrected chi connectivity index (χ1v) is 12.5. The number of likely N-dealkylation sites (tertiary alicyclic amines) is 1. The Morgan fingerprint density at radius 1 is 1.00 bits per heavy atom. The Morgan fingerprint density at radius 3 is 2.56 bits per heavy atom. The minimum absolute atomic E-state index is 0.00151. The van der Waals surface area contributed by atoms with E-state index in [1.54, 1.807) is 0 Å². The van der Waals surface area contributed by atoms with Gasteiger partial charge in [0, 0.05) is 18.2 Å². The van der Waals surface area contributed by atoms with E-state index in [0.29, 0.717) is 12.1 Å². The van der Waals surface area contributed by atoms with E-state index >= 15 is 0 Å². The van der Waals surface area contributed by atoms with Gasteiger partial charge in [-0.15, -0.1) is 0 Å². The van der Waals surface area contributed by atoms with Crippen molar-refractivity contribution in [2.45, 2.75) is 45.4 Å². The number of nitrogens with one attached hydrogen (secondary N) is 1. The van der Waals surface area contributed by atoms with E-state index in [0.717, 1.165) is 46.3 Å². The Morgan fingerprint density at radius 2 is 1.81 bits per heavy atom. The molecule has 1 amide bonds. The lowest BCUT2D eigenvalue weighted by atomic mass is 9.73. The van der Waals surface area contributed by atoms with E-state index in [1.807, 2.05) is 60.4 Å². The van der Waals surface area contributed by atoms with E-state index in [-0.39, 0.29) is 36.7 Å². The molecular formula is C30H32N2O4. The highest BCUT2D eigenvalue weighted by molar-refractivity contribution is 5.89. The summed E-state index contributed by atoms with van der Waals surface area (Å²) in [5.41, 5.74) is 6.99. The van der Waals surface area contributed by atoms with Crippen LogP contribution in [0.25, 0.3) is 0 Å². The molecule has 2 aliphatic rings. The molecule has 0 spiro atoms. The maximum Gasteiger partial charge on any atom is 0.410 e. The van der Waals surface area contributed by atoms with Gasteiger partial charge in [0.05, 0.1) is 24.8 Å². The van der Waals surface area contributed by atoms with Crippen molar-refractivity contribution in [2.75, 3.05) is 19.0 Å². The van der Waals surface area contributed by atoms with Crippen LogP contribution in [0.4, 0.5) is 10.5 Å². The second-order valence-electron chi connectivity index (χ2n) is 9.76. The number of fused-ring (bicyclic) bond motifs is 3. The number of rotatable bonds is 4. The van der Waals surface area contributed by atoms with Crippen molar-refractivity contribution in [3.05, 3.63) is 100 Å². The SMILES string of the molecule is COC(=O)c1ccc([C@@H]2Nc3ccc(C)cc3[C@H]3[C@@H]2CCCN3C(=O)OCc2ccccc2)c(C)c1. The molecule has 1 fully saturated rings. The van der Waals surface area contributed by atoms with Gasteiger partial charge >= 0.3 is 12.1 Å². The van der Waals surface area contributed by atoms with Gasteiger partial charge in [0.15, 0.2) is 0 Å². The molecule has 0 unspecified atom stereocenters. The van der Waals surface area contributed by atoms with Crippen molar-refractivity contribution in [1.82, 2.24) is 4.90 Å². The molecule has 3 aromatic carbocycles. The fourth-order valence-electron chi connectivity index (χ4n) is 5.69. The Hall–Kier alpha value is -3.80. The average Bonchev–Trinajstić information content (AvgIpc) is 2.91. The largest absolute Gasteiger partial charge is 0.465 e. The molecule has 1 N–H and O–H groups in total. The number of anilines is 1. The van der Waals surface area contributed by atoms with Gasteiger partial charge in [-0.1, -0.05) is 54.1 Å². The number of carbonyl (C=O) groups excluding carboxylic acids is 2. The van der Waals surface area contributed by atoms with Crippen LogP contribution < -0.4 is 5.32 Å². The van der Waals surface area contributed by atoms with Crippen LogP contribution in [0.5, 0.6) is 0 Å². The standard InChI is InChI=1S/C30H32N2O4/c1-19-11-14-26-25(16-19)28-24(27(31-26)23-13-12-22(17-20(23)2)29(33)35-3)10-7-15-32(28)30(34)36-18-21-8-5-4-6-9-21/h4-6,8-9,11-14,16-17,24,27-28,31H,7,10,15,18H2,1-3H3/t24-,27+,28-/m1/s1. The number of benzene rings is 3. The monoisotopic (exact) mass is 484 g/mol. The molecular weight excluding hydrogens is 452 g/mol. The molecule has 0 bridgehead atoms. The molecule has 3 aromatic rings. The maximum absolute atomic E-state index is 13.4. The van der Waals surface area contributed by atoms with Crippen LogP contribution in [0, 0.1) is 19.8 Å². The first-order chi connectivity index (χ1) is 17.5. The minimum atomic E-state index is -0.343.